The Balaban J connectivity index is 1.50. The first-order valence-electron chi connectivity index (χ1n) is 15.4. The number of carboxylic acids is 1. The summed E-state index contributed by atoms with van der Waals surface area (Å²) in [6.45, 7) is 2.87. The van der Waals surface area contributed by atoms with Crippen LogP contribution in [0.25, 0.3) is 0 Å². The average molecular weight is 613 g/mol. The number of benzene rings is 1. The zero-order valence-corrected chi connectivity index (χ0v) is 25.0. The maximum absolute atomic E-state index is 14.0. The molecular formula is C33H39F3N4O4. The highest BCUT2D eigenvalue weighted by atomic mass is 19.4. The van der Waals surface area contributed by atoms with Gasteiger partial charge in [-0.25, -0.2) is 0 Å². The van der Waals surface area contributed by atoms with Crippen LogP contribution in [-0.4, -0.2) is 63.4 Å². The van der Waals surface area contributed by atoms with Crippen molar-refractivity contribution in [3.05, 3.63) is 65.0 Å². The minimum atomic E-state index is -4.73. The number of nitrogens with zero attached hydrogens (tertiary/aromatic N) is 4. The number of aliphatic carboxylic acids is 1. The number of unbranched alkanes of at least 4 members (excludes halogenated alkanes) is 1. The van der Waals surface area contributed by atoms with Crippen LogP contribution >= 0.6 is 0 Å². The van der Waals surface area contributed by atoms with Crippen LogP contribution in [0.3, 0.4) is 0 Å². The average Bonchev–Trinajstić information content (AvgIpc) is 3.02. The summed E-state index contributed by atoms with van der Waals surface area (Å²) in [5, 5.41) is 19.3. The molecule has 2 saturated heterocycles. The molecule has 3 heterocycles. The number of carbonyl (C=O) groups excluding carboxylic acids is 2. The first kappa shape index (κ1) is 33.0. The predicted octanol–water partition coefficient (Wildman–Crippen LogP) is 6.00. The molecule has 8 nitrogen and oxygen atoms in total. The number of amides is 2. The van der Waals surface area contributed by atoms with Crippen LogP contribution in [0.2, 0.25) is 0 Å². The number of piperidine rings is 2. The standard InChI is InChI=1S/C33H39F3N4O4/c1-2-9-27-24(12-8-19-40(27)31(44)29-26(33(34,35)36)14-7-18-38-29)30(43)39-20-16-32(22-37,17-21-39)25-13-5-3-10-23(25)11-4-6-15-28(41)42/h3,5,7,10,13-14,18,24,27H,2,4,6,8-9,11-12,15-17,19-21H2,1H3,(H,41,42)/t24-,27-/m1/s1. The molecule has 0 radical (unpaired) electrons. The molecular weight excluding hydrogens is 573 g/mol. The molecule has 236 valence electrons. The molecule has 0 aliphatic carbocycles. The SMILES string of the molecule is CCC[C@@H]1[C@H](C(=O)N2CCC(C#N)(c3ccccc3CCCCC(=O)O)CC2)CCCN1C(=O)c1ncccc1C(F)(F)F. The molecule has 2 amide bonds. The number of pyridine rings is 1. The Hall–Kier alpha value is -3.94. The lowest BCUT2D eigenvalue weighted by molar-refractivity contribution is -0.141. The van der Waals surface area contributed by atoms with Crippen molar-refractivity contribution in [1.82, 2.24) is 14.8 Å². The lowest BCUT2D eigenvalue weighted by atomic mass is 9.71. The van der Waals surface area contributed by atoms with E-state index >= 15 is 0 Å². The van der Waals surface area contributed by atoms with Gasteiger partial charge >= 0.3 is 12.1 Å². The molecule has 2 atom stereocenters. The lowest BCUT2D eigenvalue weighted by Crippen LogP contribution is -2.55. The molecule has 4 rings (SSSR count). The number of nitriles is 1. The Bertz CT molecular complexity index is 1380. The molecule has 11 heteroatoms. The topological polar surface area (TPSA) is 115 Å². The van der Waals surface area contributed by atoms with E-state index < -0.39 is 46.7 Å². The molecule has 2 aromatic rings. The van der Waals surface area contributed by atoms with E-state index in [1.807, 2.05) is 31.2 Å². The maximum Gasteiger partial charge on any atom is 0.418 e. The van der Waals surface area contributed by atoms with Gasteiger partial charge in [-0.3, -0.25) is 19.4 Å². The van der Waals surface area contributed by atoms with Gasteiger partial charge in [0.2, 0.25) is 5.91 Å². The van der Waals surface area contributed by atoms with Gasteiger partial charge in [0.15, 0.2) is 0 Å². The number of likely N-dealkylation sites (tertiary alicyclic amines) is 2. The fraction of sp³-hybridized carbons (Fsp3) is 0.545. The van der Waals surface area contributed by atoms with Crippen molar-refractivity contribution in [1.29, 1.82) is 5.26 Å². The van der Waals surface area contributed by atoms with Crippen LogP contribution < -0.4 is 0 Å². The summed E-state index contributed by atoms with van der Waals surface area (Å²) in [5.41, 5.74) is -0.590. The largest absolute Gasteiger partial charge is 0.481 e. The molecule has 0 spiro atoms. The van der Waals surface area contributed by atoms with Gasteiger partial charge in [-0.2, -0.15) is 18.4 Å². The van der Waals surface area contributed by atoms with Gasteiger partial charge in [-0.15, -0.1) is 0 Å². The van der Waals surface area contributed by atoms with Gasteiger partial charge in [0.25, 0.3) is 5.91 Å². The Labute approximate surface area is 255 Å². The minimum Gasteiger partial charge on any atom is -0.481 e. The van der Waals surface area contributed by atoms with Gasteiger partial charge in [-0.1, -0.05) is 37.6 Å². The highest BCUT2D eigenvalue weighted by Gasteiger charge is 2.45. The van der Waals surface area contributed by atoms with E-state index in [1.165, 1.54) is 11.1 Å². The fourth-order valence-corrected chi connectivity index (χ4v) is 6.77. The summed E-state index contributed by atoms with van der Waals surface area (Å²) in [4.78, 5) is 45.3. The van der Waals surface area contributed by atoms with Gasteiger partial charge in [-0.05, 0) is 74.6 Å². The summed E-state index contributed by atoms with van der Waals surface area (Å²) in [5.74, 6) is -2.33. The predicted molar refractivity (Wildman–Crippen MR) is 156 cm³/mol. The van der Waals surface area contributed by atoms with Crippen molar-refractivity contribution in [3.63, 3.8) is 0 Å². The van der Waals surface area contributed by atoms with Crippen LogP contribution in [0.5, 0.6) is 0 Å². The molecule has 1 aromatic carbocycles. The van der Waals surface area contributed by atoms with Crippen LogP contribution in [-0.2, 0) is 27.6 Å². The molecule has 2 aliphatic rings. The fourth-order valence-electron chi connectivity index (χ4n) is 6.77. The summed E-state index contributed by atoms with van der Waals surface area (Å²) >= 11 is 0. The normalized spacial score (nSPS) is 20.2. The molecule has 1 aromatic heterocycles. The molecule has 44 heavy (non-hydrogen) atoms. The number of carbonyl (C=O) groups is 3. The van der Waals surface area contributed by atoms with Gasteiger partial charge < -0.3 is 14.9 Å². The van der Waals surface area contributed by atoms with Crippen molar-refractivity contribution < 1.29 is 32.7 Å². The third-order valence-corrected chi connectivity index (χ3v) is 9.02. The van der Waals surface area contributed by atoms with Crippen molar-refractivity contribution in [2.45, 2.75) is 88.8 Å². The number of hydrogen-bond donors (Lipinski definition) is 1. The van der Waals surface area contributed by atoms with Crippen LogP contribution in [0.15, 0.2) is 42.6 Å². The summed E-state index contributed by atoms with van der Waals surface area (Å²) in [6, 6.07) is 11.7. The molecule has 0 saturated carbocycles. The Morgan fingerprint density at radius 1 is 1.09 bits per heavy atom. The Kier molecular flexibility index (Phi) is 10.7. The highest BCUT2D eigenvalue weighted by molar-refractivity contribution is 5.95. The molecule has 1 N–H and O–H groups in total. The summed E-state index contributed by atoms with van der Waals surface area (Å²) in [6.07, 6.45) is 1.42. The van der Waals surface area contributed by atoms with Crippen molar-refractivity contribution in [3.8, 4) is 6.07 Å². The van der Waals surface area contributed by atoms with E-state index in [9.17, 15) is 32.8 Å². The van der Waals surface area contributed by atoms with Crippen molar-refractivity contribution >= 4 is 17.8 Å². The van der Waals surface area contributed by atoms with Crippen LogP contribution in [0.1, 0.15) is 91.9 Å². The van der Waals surface area contributed by atoms with E-state index in [0.717, 1.165) is 23.3 Å². The second-order valence-corrected chi connectivity index (χ2v) is 11.8. The second-order valence-electron chi connectivity index (χ2n) is 11.8. The van der Waals surface area contributed by atoms with Gasteiger partial charge in [0, 0.05) is 38.3 Å². The first-order valence-corrected chi connectivity index (χ1v) is 15.4. The van der Waals surface area contributed by atoms with E-state index in [4.69, 9.17) is 5.11 Å². The van der Waals surface area contributed by atoms with Crippen molar-refractivity contribution in [2.24, 2.45) is 5.92 Å². The van der Waals surface area contributed by atoms with Crippen molar-refractivity contribution in [2.75, 3.05) is 19.6 Å². The summed E-state index contributed by atoms with van der Waals surface area (Å²) < 4.78 is 41.1. The number of aryl methyl sites for hydroxylation is 1. The zero-order chi connectivity index (χ0) is 31.9. The first-order chi connectivity index (χ1) is 21.0. The van der Waals surface area contributed by atoms with E-state index in [0.29, 0.717) is 70.9 Å². The van der Waals surface area contributed by atoms with Crippen LogP contribution in [0.4, 0.5) is 13.2 Å². The van der Waals surface area contributed by atoms with Gasteiger partial charge in [0.05, 0.1) is 23.0 Å². The zero-order valence-electron chi connectivity index (χ0n) is 25.0. The Morgan fingerprint density at radius 2 is 1.82 bits per heavy atom. The minimum absolute atomic E-state index is 0.0944. The number of aromatic nitrogens is 1. The quantitative estimate of drug-likeness (QED) is 0.329. The number of carboxylic acid groups (broad SMARTS) is 1. The molecule has 2 fully saturated rings. The van der Waals surface area contributed by atoms with E-state index in [1.54, 1.807) is 4.90 Å². The number of hydrogen-bond acceptors (Lipinski definition) is 5. The third-order valence-electron chi connectivity index (χ3n) is 9.02. The van der Waals surface area contributed by atoms with Gasteiger partial charge in [0.1, 0.15) is 5.69 Å². The van der Waals surface area contributed by atoms with E-state index in [-0.39, 0.29) is 18.9 Å². The number of alkyl halides is 3. The lowest BCUT2D eigenvalue weighted by Gasteiger charge is -2.44. The molecule has 2 aliphatic heterocycles. The highest BCUT2D eigenvalue weighted by Crippen LogP contribution is 2.39. The second kappa shape index (κ2) is 14.2. The molecule has 0 unspecified atom stereocenters. The third kappa shape index (κ3) is 7.22. The van der Waals surface area contributed by atoms with Crippen LogP contribution in [0, 0.1) is 17.2 Å². The monoisotopic (exact) mass is 612 g/mol. The number of rotatable bonds is 10. The van der Waals surface area contributed by atoms with E-state index in [2.05, 4.69) is 11.1 Å². The Morgan fingerprint density at radius 3 is 2.48 bits per heavy atom. The molecule has 0 bridgehead atoms. The maximum atomic E-state index is 14.0. The number of halogens is 3. The summed E-state index contributed by atoms with van der Waals surface area (Å²) in [7, 11) is 0. The smallest absolute Gasteiger partial charge is 0.418 e.